The number of benzene rings is 2. The minimum Gasteiger partial charge on any atom is -0.480 e. The molecule has 3 aliphatic heterocycles. The van der Waals surface area contributed by atoms with E-state index in [0.29, 0.717) is 20.1 Å². The molecule has 204 valence electrons. The first-order valence-corrected chi connectivity index (χ1v) is 14.2. The Hall–Kier alpha value is -3.01. The molecule has 0 saturated carbocycles. The number of hydrogen-bond donors (Lipinski definition) is 2. The Bertz CT molecular complexity index is 1390. The molecule has 0 aromatic heterocycles. The molecule has 0 aliphatic carbocycles. The van der Waals surface area contributed by atoms with Crippen LogP contribution in [-0.2, 0) is 19.9 Å². The number of aliphatic carboxylic acids is 1. The third kappa shape index (κ3) is 4.60. The molecule has 2 aromatic carbocycles. The maximum atomic E-state index is 14.0. The van der Waals surface area contributed by atoms with Gasteiger partial charge >= 0.3 is 5.97 Å². The zero-order valence-corrected chi connectivity index (χ0v) is 23.9. The largest absolute Gasteiger partial charge is 0.480 e. The number of primary amides is 1. The minimum atomic E-state index is -1.16. The summed E-state index contributed by atoms with van der Waals surface area (Å²) < 4.78 is 0. The first-order chi connectivity index (χ1) is 18.4. The van der Waals surface area contributed by atoms with Crippen molar-refractivity contribution in [3.8, 4) is 0 Å². The molecule has 3 N–H and O–H groups in total. The van der Waals surface area contributed by atoms with Crippen LogP contribution >= 0.6 is 35.0 Å². The molecule has 0 radical (unpaired) electrons. The Kier molecular flexibility index (Phi) is 7.20. The number of carbonyl (C=O) groups is 3. The second kappa shape index (κ2) is 10.2. The Labute approximate surface area is 240 Å². The molecular weight excluding hydrogens is 559 g/mol. The molecule has 39 heavy (non-hydrogen) atoms. The predicted molar refractivity (Wildman–Crippen MR) is 152 cm³/mol. The number of carbonyl (C=O) groups excluding carboxylic acids is 2. The van der Waals surface area contributed by atoms with E-state index in [1.54, 1.807) is 0 Å². The zero-order valence-electron chi connectivity index (χ0n) is 21.6. The fourth-order valence-electron chi connectivity index (χ4n) is 5.80. The maximum absolute atomic E-state index is 14.0. The van der Waals surface area contributed by atoms with Gasteiger partial charge in [0.2, 0.25) is 5.91 Å². The van der Waals surface area contributed by atoms with Crippen LogP contribution in [0.25, 0.3) is 0 Å². The van der Waals surface area contributed by atoms with Gasteiger partial charge in [0.15, 0.2) is 5.17 Å². The highest BCUT2D eigenvalue weighted by Gasteiger charge is 2.55. The summed E-state index contributed by atoms with van der Waals surface area (Å²) in [6, 6.07) is 12.7. The number of halogens is 2. The number of carboxylic acids is 1. The first kappa shape index (κ1) is 27.6. The van der Waals surface area contributed by atoms with Gasteiger partial charge in [0.25, 0.3) is 5.91 Å². The second-order valence-corrected chi connectivity index (χ2v) is 12.3. The summed E-state index contributed by atoms with van der Waals surface area (Å²) in [5.74, 6) is -2.51. The summed E-state index contributed by atoms with van der Waals surface area (Å²) in [7, 11) is 0. The number of hydrogen-bond acceptors (Lipinski definition) is 6. The topological polar surface area (TPSA) is 116 Å². The second-order valence-electron chi connectivity index (χ2n) is 10.4. The predicted octanol–water partition coefficient (Wildman–Crippen LogP) is 5.17. The average molecular weight is 588 g/mol. The number of allylic oxidation sites excluding steroid dienone is 1. The number of carboxylic acid groups (broad SMARTS) is 1. The molecule has 3 heterocycles. The van der Waals surface area contributed by atoms with Crippen LogP contribution in [0.5, 0.6) is 0 Å². The number of nitrogens with two attached hydrogens (primary N) is 1. The van der Waals surface area contributed by atoms with E-state index in [4.69, 9.17) is 33.9 Å². The molecule has 4 atom stereocenters. The molecular formula is C28H28Cl2N4O4S. The summed E-state index contributed by atoms with van der Waals surface area (Å²) in [6.45, 7) is 6.01. The van der Waals surface area contributed by atoms with E-state index in [-0.39, 0.29) is 24.8 Å². The Morgan fingerprint density at radius 3 is 2.13 bits per heavy atom. The number of amidine groups is 1. The fraction of sp³-hybridized carbons (Fsp3) is 0.357. The molecule has 1 saturated heterocycles. The van der Waals surface area contributed by atoms with Gasteiger partial charge in [0.1, 0.15) is 22.5 Å². The normalized spacial score (nSPS) is 26.3. The van der Waals surface area contributed by atoms with Crippen LogP contribution in [0.4, 0.5) is 0 Å². The third-order valence-corrected chi connectivity index (χ3v) is 9.16. The van der Waals surface area contributed by atoms with Crippen molar-refractivity contribution in [2.45, 2.75) is 57.3 Å². The highest BCUT2D eigenvalue weighted by atomic mass is 35.5. The molecule has 0 spiro atoms. The molecule has 3 aliphatic rings. The molecule has 8 nitrogen and oxygen atoms in total. The van der Waals surface area contributed by atoms with E-state index >= 15 is 0 Å². The summed E-state index contributed by atoms with van der Waals surface area (Å²) in [4.78, 5) is 47.0. The van der Waals surface area contributed by atoms with Crippen molar-refractivity contribution in [2.24, 2.45) is 16.6 Å². The van der Waals surface area contributed by atoms with Crippen LogP contribution in [0, 0.1) is 5.92 Å². The van der Waals surface area contributed by atoms with Crippen LogP contribution in [0.1, 0.15) is 50.8 Å². The zero-order chi connectivity index (χ0) is 28.2. The molecule has 0 unspecified atom stereocenters. The molecule has 11 heteroatoms. The van der Waals surface area contributed by atoms with Crippen LogP contribution in [0.2, 0.25) is 10.0 Å². The summed E-state index contributed by atoms with van der Waals surface area (Å²) in [5.41, 5.74) is 7.48. The molecule has 2 amide bonds. The van der Waals surface area contributed by atoms with E-state index in [2.05, 4.69) is 4.90 Å². The van der Waals surface area contributed by atoms with Gasteiger partial charge in [-0.3, -0.25) is 9.59 Å². The lowest BCUT2D eigenvalue weighted by Gasteiger charge is -2.37. The summed E-state index contributed by atoms with van der Waals surface area (Å²) in [5, 5.41) is 11.7. The van der Waals surface area contributed by atoms with Crippen LogP contribution in [0.15, 0.2) is 64.1 Å². The van der Waals surface area contributed by atoms with Gasteiger partial charge in [-0.25, -0.2) is 9.79 Å². The van der Waals surface area contributed by atoms with E-state index in [1.807, 2.05) is 69.3 Å². The number of likely N-dealkylation sites (tertiary alicyclic amines) is 1. The highest BCUT2D eigenvalue weighted by molar-refractivity contribution is 8.18. The molecule has 5 rings (SSSR count). The van der Waals surface area contributed by atoms with Gasteiger partial charge in [0, 0.05) is 15.7 Å². The van der Waals surface area contributed by atoms with Gasteiger partial charge in [0.05, 0.1) is 6.04 Å². The smallest absolute Gasteiger partial charge is 0.326 e. The quantitative estimate of drug-likeness (QED) is 0.482. The lowest BCUT2D eigenvalue weighted by atomic mass is 9.81. The summed E-state index contributed by atoms with van der Waals surface area (Å²) >= 11 is 13.6. The van der Waals surface area contributed by atoms with Crippen molar-refractivity contribution in [1.29, 1.82) is 0 Å². The van der Waals surface area contributed by atoms with E-state index in [9.17, 15) is 19.5 Å². The average Bonchev–Trinajstić information content (AvgIpc) is 3.55. The first-order valence-electron chi connectivity index (χ1n) is 12.6. The number of amides is 2. The lowest BCUT2D eigenvalue weighted by molar-refractivity contribution is -0.149. The van der Waals surface area contributed by atoms with Crippen LogP contribution < -0.4 is 5.73 Å². The number of aliphatic imine (C=N–C) groups is 1. The lowest BCUT2D eigenvalue weighted by Crippen LogP contribution is -2.50. The fourth-order valence-corrected chi connectivity index (χ4v) is 7.40. The van der Waals surface area contributed by atoms with Crippen molar-refractivity contribution in [2.75, 3.05) is 0 Å². The van der Waals surface area contributed by atoms with Crippen LogP contribution in [0.3, 0.4) is 0 Å². The highest BCUT2D eigenvalue weighted by Crippen LogP contribution is 2.56. The minimum absolute atomic E-state index is 0.121. The number of rotatable bonds is 6. The van der Waals surface area contributed by atoms with Gasteiger partial charge in [-0.1, -0.05) is 61.3 Å². The number of thioether (sulfide) groups is 1. The molecule has 1 fully saturated rings. The number of fused-ring (bicyclic) bond motifs is 1. The third-order valence-electron chi connectivity index (χ3n) is 7.60. The van der Waals surface area contributed by atoms with E-state index < -0.39 is 35.4 Å². The van der Waals surface area contributed by atoms with Crippen molar-refractivity contribution < 1.29 is 19.5 Å². The van der Waals surface area contributed by atoms with Gasteiger partial charge in [-0.15, -0.1) is 0 Å². The maximum Gasteiger partial charge on any atom is 0.326 e. The Morgan fingerprint density at radius 2 is 1.59 bits per heavy atom. The molecule has 0 bridgehead atoms. The van der Waals surface area contributed by atoms with Gasteiger partial charge in [-0.2, -0.15) is 0 Å². The van der Waals surface area contributed by atoms with Gasteiger partial charge < -0.3 is 20.6 Å². The monoisotopic (exact) mass is 586 g/mol. The van der Waals surface area contributed by atoms with Crippen LogP contribution in [-0.4, -0.2) is 49.9 Å². The van der Waals surface area contributed by atoms with E-state index in [1.165, 1.54) is 11.8 Å². The van der Waals surface area contributed by atoms with Crippen molar-refractivity contribution in [3.63, 3.8) is 0 Å². The van der Waals surface area contributed by atoms with Crippen molar-refractivity contribution in [3.05, 3.63) is 80.3 Å². The van der Waals surface area contributed by atoms with Crippen molar-refractivity contribution in [1.82, 2.24) is 9.80 Å². The number of nitrogens with zero attached hydrogens (tertiary/aromatic N) is 3. The Balaban J connectivity index is 1.65. The summed E-state index contributed by atoms with van der Waals surface area (Å²) in [6.07, 6.45) is 0.371. The SMILES string of the molecule is CC(C)C1=C(C(=O)N2[C@H](C(N)=O)CC[C@H]2C(=O)O)SC2=N[C@@](C)(c3ccc(Cl)cc3)[C@@H](c3ccc(Cl)cc3)N21. The van der Waals surface area contributed by atoms with Gasteiger partial charge in [-0.05, 0) is 72.8 Å². The van der Waals surface area contributed by atoms with E-state index in [0.717, 1.165) is 21.7 Å². The molecule has 2 aromatic rings. The van der Waals surface area contributed by atoms with Crippen molar-refractivity contribution >= 4 is 57.9 Å². The Morgan fingerprint density at radius 1 is 1.03 bits per heavy atom. The standard InChI is InChI=1S/C28H28Cl2N4O4S/c1-14(2)21-22(25(36)33-19(24(31)35)12-13-20(33)26(37)38)39-27-32-28(3,16-6-10-18(30)11-7-16)23(34(21)27)15-4-8-17(29)9-5-15/h4-11,14,19-20,23H,12-13H2,1-3H3,(H2,31,35)(H,37,38)/t19-,20-,23+,28-/m0/s1.